The molecular weight excluding hydrogens is 238 g/mol. The summed E-state index contributed by atoms with van der Waals surface area (Å²) in [5.74, 6) is 0.813. The average Bonchev–Trinajstić information content (AvgIpc) is 3.23. The van der Waals surface area contributed by atoms with Gasteiger partial charge in [0.2, 0.25) is 0 Å². The first-order chi connectivity index (χ1) is 9.24. The number of nitrogen functional groups attached to an aromatic ring is 1. The first-order valence-electron chi connectivity index (χ1n) is 6.53. The zero-order valence-electron chi connectivity index (χ0n) is 10.6. The normalized spacial score (nSPS) is 16.1. The molecule has 1 atom stereocenters. The molecule has 3 heteroatoms. The van der Waals surface area contributed by atoms with Crippen molar-refractivity contribution in [3.63, 3.8) is 0 Å². The van der Waals surface area contributed by atoms with E-state index in [2.05, 4.69) is 0 Å². The molecule has 0 aliphatic heterocycles. The molecule has 3 rings (SSSR count). The van der Waals surface area contributed by atoms with Crippen molar-refractivity contribution in [1.29, 1.82) is 0 Å². The van der Waals surface area contributed by atoms with Crippen LogP contribution in [0.5, 0.6) is 5.75 Å². The minimum absolute atomic E-state index is 0.356. The van der Waals surface area contributed by atoms with E-state index in [1.165, 1.54) is 0 Å². The van der Waals surface area contributed by atoms with Gasteiger partial charge in [0.1, 0.15) is 11.9 Å². The number of ether oxygens (including phenoxy) is 1. The van der Waals surface area contributed by atoms with Gasteiger partial charge >= 0.3 is 0 Å². The zero-order valence-corrected chi connectivity index (χ0v) is 10.6. The average molecular weight is 255 g/mol. The van der Waals surface area contributed by atoms with E-state index in [0.717, 1.165) is 29.7 Å². The van der Waals surface area contributed by atoms with Gasteiger partial charge in [-0.3, -0.25) is 0 Å². The van der Waals surface area contributed by atoms with E-state index < -0.39 is 6.10 Å². The molecule has 1 fully saturated rings. The van der Waals surface area contributed by atoms with E-state index in [9.17, 15) is 5.11 Å². The van der Waals surface area contributed by atoms with Gasteiger partial charge in [-0.05, 0) is 36.6 Å². The van der Waals surface area contributed by atoms with Crippen LogP contribution in [0, 0.1) is 0 Å². The van der Waals surface area contributed by atoms with Gasteiger partial charge in [-0.25, -0.2) is 0 Å². The lowest BCUT2D eigenvalue weighted by atomic mass is 10.00. The van der Waals surface area contributed by atoms with Gasteiger partial charge < -0.3 is 15.6 Å². The van der Waals surface area contributed by atoms with E-state index in [4.69, 9.17) is 10.5 Å². The molecule has 0 aromatic heterocycles. The van der Waals surface area contributed by atoms with Crippen molar-refractivity contribution in [1.82, 2.24) is 0 Å². The second-order valence-corrected chi connectivity index (χ2v) is 4.92. The summed E-state index contributed by atoms with van der Waals surface area (Å²) < 4.78 is 5.74. The first-order valence-corrected chi connectivity index (χ1v) is 6.53. The van der Waals surface area contributed by atoms with Crippen molar-refractivity contribution in [2.24, 2.45) is 0 Å². The summed E-state index contributed by atoms with van der Waals surface area (Å²) >= 11 is 0. The molecule has 0 spiro atoms. The van der Waals surface area contributed by atoms with Crippen LogP contribution in [0.2, 0.25) is 0 Å². The predicted octanol–water partition coefficient (Wildman–Crippen LogP) is 2.89. The Bertz CT molecular complexity index is 578. The molecule has 0 saturated heterocycles. The Labute approximate surface area is 112 Å². The highest BCUT2D eigenvalue weighted by Crippen LogP contribution is 2.31. The summed E-state index contributed by atoms with van der Waals surface area (Å²) in [6.45, 7) is 0. The minimum Gasteiger partial charge on any atom is -0.490 e. The molecule has 0 heterocycles. The largest absolute Gasteiger partial charge is 0.490 e. The number of anilines is 1. The molecule has 3 N–H and O–H groups in total. The van der Waals surface area contributed by atoms with Crippen molar-refractivity contribution >= 4 is 5.69 Å². The predicted molar refractivity (Wildman–Crippen MR) is 75.0 cm³/mol. The maximum Gasteiger partial charge on any atom is 0.120 e. The molecule has 19 heavy (non-hydrogen) atoms. The fraction of sp³-hybridized carbons (Fsp3) is 0.250. The monoisotopic (exact) mass is 255 g/mol. The highest BCUT2D eigenvalue weighted by molar-refractivity contribution is 5.50. The SMILES string of the molecule is Nc1ccccc1C(O)c1cccc(OC2CC2)c1. The van der Waals surface area contributed by atoms with Crippen LogP contribution in [0.4, 0.5) is 5.69 Å². The lowest BCUT2D eigenvalue weighted by Gasteiger charge is -2.15. The molecule has 1 aliphatic rings. The molecule has 1 aliphatic carbocycles. The summed E-state index contributed by atoms with van der Waals surface area (Å²) in [4.78, 5) is 0. The van der Waals surface area contributed by atoms with Crippen molar-refractivity contribution in [2.45, 2.75) is 25.0 Å². The molecular formula is C16H17NO2. The topological polar surface area (TPSA) is 55.5 Å². The molecule has 3 nitrogen and oxygen atoms in total. The van der Waals surface area contributed by atoms with Gasteiger partial charge in [0.05, 0.1) is 6.10 Å². The lowest BCUT2D eigenvalue weighted by molar-refractivity contribution is 0.220. The second-order valence-electron chi connectivity index (χ2n) is 4.92. The Kier molecular flexibility index (Phi) is 3.13. The van der Waals surface area contributed by atoms with Gasteiger partial charge in [-0.15, -0.1) is 0 Å². The van der Waals surface area contributed by atoms with Gasteiger partial charge in [0, 0.05) is 11.3 Å². The maximum absolute atomic E-state index is 10.4. The number of nitrogens with two attached hydrogens (primary N) is 1. The minimum atomic E-state index is -0.719. The molecule has 0 radical (unpaired) electrons. The van der Waals surface area contributed by atoms with Crippen molar-refractivity contribution in [2.75, 3.05) is 5.73 Å². The molecule has 98 valence electrons. The van der Waals surface area contributed by atoms with Crippen LogP contribution >= 0.6 is 0 Å². The van der Waals surface area contributed by atoms with Crippen LogP contribution in [-0.2, 0) is 0 Å². The number of para-hydroxylation sites is 1. The van der Waals surface area contributed by atoms with Crippen LogP contribution in [-0.4, -0.2) is 11.2 Å². The molecule has 1 saturated carbocycles. The van der Waals surface area contributed by atoms with Crippen LogP contribution in [0.25, 0.3) is 0 Å². The zero-order chi connectivity index (χ0) is 13.2. The molecule has 1 unspecified atom stereocenters. The van der Waals surface area contributed by atoms with E-state index in [0.29, 0.717) is 11.8 Å². The Morgan fingerprint density at radius 3 is 2.63 bits per heavy atom. The van der Waals surface area contributed by atoms with Crippen molar-refractivity contribution in [3.8, 4) is 5.75 Å². The molecule has 0 bridgehead atoms. The third-order valence-corrected chi connectivity index (χ3v) is 3.29. The molecule has 2 aromatic rings. The summed E-state index contributed by atoms with van der Waals surface area (Å²) in [5, 5.41) is 10.4. The Morgan fingerprint density at radius 2 is 1.89 bits per heavy atom. The highest BCUT2D eigenvalue weighted by atomic mass is 16.5. The number of hydrogen-bond acceptors (Lipinski definition) is 3. The van der Waals surface area contributed by atoms with Gasteiger partial charge in [0.15, 0.2) is 0 Å². The number of aliphatic hydroxyl groups is 1. The summed E-state index contributed by atoms with van der Waals surface area (Å²) in [7, 11) is 0. The van der Waals surface area contributed by atoms with E-state index in [1.807, 2.05) is 42.5 Å². The fourth-order valence-electron chi connectivity index (χ4n) is 2.08. The van der Waals surface area contributed by atoms with E-state index in [1.54, 1.807) is 6.07 Å². The maximum atomic E-state index is 10.4. The number of rotatable bonds is 4. The Morgan fingerprint density at radius 1 is 1.11 bits per heavy atom. The summed E-state index contributed by atoms with van der Waals surface area (Å²) in [6, 6.07) is 15.0. The van der Waals surface area contributed by atoms with Gasteiger partial charge in [-0.2, -0.15) is 0 Å². The van der Waals surface area contributed by atoms with Gasteiger partial charge in [0.25, 0.3) is 0 Å². The summed E-state index contributed by atoms with van der Waals surface area (Å²) in [5.41, 5.74) is 8.03. The Balaban J connectivity index is 1.86. The van der Waals surface area contributed by atoms with Gasteiger partial charge in [-0.1, -0.05) is 30.3 Å². The summed E-state index contributed by atoms with van der Waals surface area (Å²) in [6.07, 6.45) is 1.88. The number of hydrogen-bond donors (Lipinski definition) is 2. The van der Waals surface area contributed by atoms with E-state index in [-0.39, 0.29) is 0 Å². The highest BCUT2D eigenvalue weighted by Gasteiger charge is 2.23. The van der Waals surface area contributed by atoms with Crippen LogP contribution in [0.3, 0.4) is 0 Å². The molecule has 0 amide bonds. The fourth-order valence-corrected chi connectivity index (χ4v) is 2.08. The van der Waals surface area contributed by atoms with Crippen molar-refractivity contribution in [3.05, 3.63) is 59.7 Å². The van der Waals surface area contributed by atoms with Crippen LogP contribution in [0.1, 0.15) is 30.1 Å². The number of aliphatic hydroxyl groups excluding tert-OH is 1. The van der Waals surface area contributed by atoms with Crippen molar-refractivity contribution < 1.29 is 9.84 Å². The van der Waals surface area contributed by atoms with E-state index >= 15 is 0 Å². The quantitative estimate of drug-likeness (QED) is 0.826. The smallest absolute Gasteiger partial charge is 0.120 e. The third-order valence-electron chi connectivity index (χ3n) is 3.29. The van der Waals surface area contributed by atoms with Crippen LogP contribution < -0.4 is 10.5 Å². The second kappa shape index (κ2) is 4.94. The molecule has 2 aromatic carbocycles. The third kappa shape index (κ3) is 2.71. The standard InChI is InChI=1S/C16H17NO2/c17-15-7-2-1-6-14(15)16(18)11-4-3-5-13(10-11)19-12-8-9-12/h1-7,10,12,16,18H,8-9,17H2. The lowest BCUT2D eigenvalue weighted by Crippen LogP contribution is -2.04. The van der Waals surface area contributed by atoms with Crippen LogP contribution in [0.15, 0.2) is 48.5 Å². The Hall–Kier alpha value is -2.00. The first kappa shape index (κ1) is 12.1. The number of benzene rings is 2.